The smallest absolute Gasteiger partial charge is 0.258 e. The minimum absolute atomic E-state index is 0.139. The molecule has 0 saturated heterocycles. The Morgan fingerprint density at radius 1 is 1.50 bits per heavy atom. The van der Waals surface area contributed by atoms with Crippen LogP contribution in [0, 0.1) is 10.1 Å². The molecule has 0 aliphatic carbocycles. The molecule has 0 amide bonds. The summed E-state index contributed by atoms with van der Waals surface area (Å²) in [7, 11) is 0. The first kappa shape index (κ1) is 8.87. The van der Waals surface area contributed by atoms with Gasteiger partial charge in [0.1, 0.15) is 0 Å². The number of hydrogen-bond acceptors (Lipinski definition) is 3. The molecule has 4 heteroatoms. The Labute approximate surface area is 81.4 Å². The summed E-state index contributed by atoms with van der Waals surface area (Å²) in [6.45, 7) is 3.95. The molecule has 0 fully saturated rings. The van der Waals surface area contributed by atoms with E-state index in [9.17, 15) is 10.1 Å². The molecule has 1 aromatic carbocycles. The lowest BCUT2D eigenvalue weighted by Crippen LogP contribution is -1.98. The summed E-state index contributed by atoms with van der Waals surface area (Å²) >= 11 is 0. The molecule has 0 bridgehead atoms. The molecule has 1 aliphatic rings. The molecule has 0 N–H and O–H groups in total. The van der Waals surface area contributed by atoms with E-state index >= 15 is 0 Å². The number of nitro benzene ring substituents is 1. The van der Waals surface area contributed by atoms with Gasteiger partial charge in [-0.3, -0.25) is 15.1 Å². The van der Waals surface area contributed by atoms with Gasteiger partial charge in [-0.1, -0.05) is 6.92 Å². The highest BCUT2D eigenvalue weighted by atomic mass is 16.6. The lowest BCUT2D eigenvalue weighted by Gasteiger charge is -2.03. The summed E-state index contributed by atoms with van der Waals surface area (Å²) in [6, 6.07) is 4.81. The topological polar surface area (TPSA) is 55.5 Å². The van der Waals surface area contributed by atoms with E-state index < -0.39 is 0 Å². The molecule has 1 unspecified atom stereocenters. The number of benzene rings is 1. The predicted molar refractivity (Wildman–Crippen MR) is 54.3 cm³/mol. The van der Waals surface area contributed by atoms with Crippen LogP contribution >= 0.6 is 0 Å². The van der Waals surface area contributed by atoms with Crippen LogP contribution in [0.1, 0.15) is 25.3 Å². The van der Waals surface area contributed by atoms with Gasteiger partial charge in [-0.2, -0.15) is 0 Å². The number of fused-ring (bicyclic) bond motifs is 1. The van der Waals surface area contributed by atoms with E-state index in [-0.39, 0.29) is 16.5 Å². The maximum Gasteiger partial charge on any atom is 0.269 e. The van der Waals surface area contributed by atoms with Gasteiger partial charge in [-0.15, -0.1) is 0 Å². The lowest BCUT2D eigenvalue weighted by molar-refractivity contribution is -0.384. The molecule has 14 heavy (non-hydrogen) atoms. The molecule has 0 saturated carbocycles. The van der Waals surface area contributed by atoms with Crippen molar-refractivity contribution >= 4 is 17.1 Å². The minimum Gasteiger partial charge on any atom is -0.258 e. The van der Waals surface area contributed by atoms with Crippen molar-refractivity contribution in [1.29, 1.82) is 0 Å². The number of hydrogen-bond donors (Lipinski definition) is 0. The van der Waals surface area contributed by atoms with E-state index in [1.54, 1.807) is 12.1 Å². The largest absolute Gasteiger partial charge is 0.269 e. The summed E-state index contributed by atoms with van der Waals surface area (Å²) in [5, 5.41) is 10.6. The number of rotatable bonds is 1. The van der Waals surface area contributed by atoms with Crippen molar-refractivity contribution in [3.8, 4) is 0 Å². The third-order valence-corrected chi connectivity index (χ3v) is 2.61. The summed E-state index contributed by atoms with van der Waals surface area (Å²) < 4.78 is 0. The van der Waals surface area contributed by atoms with Gasteiger partial charge in [0.15, 0.2) is 0 Å². The van der Waals surface area contributed by atoms with Crippen molar-refractivity contribution in [2.75, 3.05) is 0 Å². The van der Waals surface area contributed by atoms with E-state index in [4.69, 9.17) is 0 Å². The van der Waals surface area contributed by atoms with E-state index in [0.29, 0.717) is 0 Å². The fourth-order valence-corrected chi connectivity index (χ4v) is 1.62. The molecule has 2 rings (SSSR count). The SMILES string of the molecule is CC1=Nc2ccc([N+](=O)[O-])cc2C1C. The predicted octanol–water partition coefficient (Wildman–Crippen LogP) is 2.80. The molecule has 0 spiro atoms. The van der Waals surface area contributed by atoms with Gasteiger partial charge in [0.25, 0.3) is 5.69 Å². The Bertz CT molecular complexity index is 438. The second kappa shape index (κ2) is 2.90. The average Bonchev–Trinajstić information content (AvgIpc) is 2.43. The fourth-order valence-electron chi connectivity index (χ4n) is 1.62. The number of nitro groups is 1. The number of aliphatic imine (C=N–C) groups is 1. The maximum absolute atomic E-state index is 10.6. The van der Waals surface area contributed by atoms with Crippen LogP contribution in [0.3, 0.4) is 0 Å². The third kappa shape index (κ3) is 1.19. The molecule has 1 atom stereocenters. The Hall–Kier alpha value is -1.71. The van der Waals surface area contributed by atoms with Crippen LogP contribution in [-0.2, 0) is 0 Å². The molecule has 1 aliphatic heterocycles. The highest BCUT2D eigenvalue weighted by Crippen LogP contribution is 2.37. The van der Waals surface area contributed by atoms with Crippen molar-refractivity contribution in [2.45, 2.75) is 19.8 Å². The molecule has 0 radical (unpaired) electrons. The summed E-state index contributed by atoms with van der Waals surface area (Å²) in [6.07, 6.45) is 0. The zero-order valence-electron chi connectivity index (χ0n) is 8.02. The van der Waals surface area contributed by atoms with Crippen molar-refractivity contribution in [1.82, 2.24) is 0 Å². The molecule has 72 valence electrons. The summed E-state index contributed by atoms with van der Waals surface area (Å²) in [5.74, 6) is 0.199. The molecule has 4 nitrogen and oxygen atoms in total. The number of nitrogens with zero attached hydrogens (tertiary/aromatic N) is 2. The average molecular weight is 190 g/mol. The Morgan fingerprint density at radius 2 is 2.21 bits per heavy atom. The van der Waals surface area contributed by atoms with E-state index in [2.05, 4.69) is 4.99 Å². The fraction of sp³-hybridized carbons (Fsp3) is 0.300. The first-order chi connectivity index (χ1) is 6.59. The molecular formula is C10H10N2O2. The summed E-state index contributed by atoms with van der Waals surface area (Å²) in [5.41, 5.74) is 2.97. The highest BCUT2D eigenvalue weighted by molar-refractivity contribution is 5.96. The van der Waals surface area contributed by atoms with E-state index in [0.717, 1.165) is 17.0 Å². The molecule has 1 aromatic rings. The van der Waals surface area contributed by atoms with Gasteiger partial charge in [0, 0.05) is 23.8 Å². The summed E-state index contributed by atoms with van der Waals surface area (Å²) in [4.78, 5) is 14.5. The van der Waals surface area contributed by atoms with Crippen molar-refractivity contribution in [3.05, 3.63) is 33.9 Å². The second-order valence-electron chi connectivity index (χ2n) is 3.48. The highest BCUT2D eigenvalue weighted by Gasteiger charge is 2.22. The monoisotopic (exact) mass is 190 g/mol. The Kier molecular flexibility index (Phi) is 1.84. The van der Waals surface area contributed by atoms with Crippen LogP contribution in [0.5, 0.6) is 0 Å². The zero-order chi connectivity index (χ0) is 10.3. The third-order valence-electron chi connectivity index (χ3n) is 2.61. The molecule has 1 heterocycles. The maximum atomic E-state index is 10.6. The van der Waals surface area contributed by atoms with Gasteiger partial charge in [0.05, 0.1) is 10.6 Å². The standard InChI is InChI=1S/C10H10N2O2/c1-6-7(2)11-10-4-3-8(12(13)14)5-9(6)10/h3-6H,1-2H3. The van der Waals surface area contributed by atoms with Gasteiger partial charge >= 0.3 is 0 Å². The van der Waals surface area contributed by atoms with Crippen molar-refractivity contribution in [3.63, 3.8) is 0 Å². The van der Waals surface area contributed by atoms with Crippen LogP contribution in [0.2, 0.25) is 0 Å². The molecular weight excluding hydrogens is 180 g/mol. The Morgan fingerprint density at radius 3 is 2.86 bits per heavy atom. The van der Waals surface area contributed by atoms with Crippen LogP contribution in [0.15, 0.2) is 23.2 Å². The Balaban J connectivity index is 2.51. The normalized spacial score (nSPS) is 19.0. The lowest BCUT2D eigenvalue weighted by atomic mass is 9.98. The van der Waals surface area contributed by atoms with Gasteiger partial charge in [-0.05, 0) is 18.6 Å². The van der Waals surface area contributed by atoms with Gasteiger partial charge < -0.3 is 0 Å². The number of non-ortho nitro benzene ring substituents is 1. The van der Waals surface area contributed by atoms with Gasteiger partial charge in [-0.25, -0.2) is 0 Å². The quantitative estimate of drug-likeness (QED) is 0.505. The van der Waals surface area contributed by atoms with Crippen LogP contribution < -0.4 is 0 Å². The second-order valence-corrected chi connectivity index (χ2v) is 3.48. The van der Waals surface area contributed by atoms with E-state index in [1.165, 1.54) is 6.07 Å². The molecule has 0 aromatic heterocycles. The van der Waals surface area contributed by atoms with Crippen LogP contribution in [0.4, 0.5) is 11.4 Å². The minimum atomic E-state index is -0.374. The van der Waals surface area contributed by atoms with Gasteiger partial charge in [0.2, 0.25) is 0 Å². The van der Waals surface area contributed by atoms with Crippen molar-refractivity contribution < 1.29 is 4.92 Å². The van der Waals surface area contributed by atoms with E-state index in [1.807, 2.05) is 13.8 Å². The van der Waals surface area contributed by atoms with Crippen LogP contribution in [0.25, 0.3) is 0 Å². The zero-order valence-corrected chi connectivity index (χ0v) is 8.02. The van der Waals surface area contributed by atoms with Crippen molar-refractivity contribution in [2.24, 2.45) is 4.99 Å². The first-order valence-corrected chi connectivity index (χ1v) is 4.43. The van der Waals surface area contributed by atoms with Crippen LogP contribution in [-0.4, -0.2) is 10.6 Å². The first-order valence-electron chi connectivity index (χ1n) is 4.43.